The summed E-state index contributed by atoms with van der Waals surface area (Å²) in [5.41, 5.74) is 1.02. The van der Waals surface area contributed by atoms with Gasteiger partial charge >= 0.3 is 0 Å². The number of nitrogens with zero attached hydrogens (tertiary/aromatic N) is 2. The number of rotatable bonds is 4. The molecule has 0 radical (unpaired) electrons. The maximum absolute atomic E-state index is 5.43. The van der Waals surface area contributed by atoms with E-state index in [2.05, 4.69) is 36.1 Å². The van der Waals surface area contributed by atoms with Crippen molar-refractivity contribution in [1.82, 2.24) is 9.97 Å². The van der Waals surface area contributed by atoms with Crippen LogP contribution in [0.15, 0.2) is 6.07 Å². The molecule has 1 aromatic rings. The molecular weight excluding hydrogens is 226 g/mol. The Morgan fingerprint density at radius 1 is 1.33 bits per heavy atom. The van der Waals surface area contributed by atoms with Crippen molar-refractivity contribution in [2.75, 3.05) is 18.5 Å². The van der Waals surface area contributed by atoms with Gasteiger partial charge in [-0.3, -0.25) is 0 Å². The minimum absolute atomic E-state index is 0.357. The van der Waals surface area contributed by atoms with Crippen molar-refractivity contribution >= 4 is 5.82 Å². The lowest BCUT2D eigenvalue weighted by Crippen LogP contribution is -2.27. The molecule has 0 saturated carbocycles. The largest absolute Gasteiger partial charge is 0.381 e. The van der Waals surface area contributed by atoms with Gasteiger partial charge in [0.05, 0.1) is 6.61 Å². The molecule has 2 heterocycles. The number of ether oxygens (including phenoxy) is 1. The Morgan fingerprint density at radius 2 is 2.11 bits per heavy atom. The van der Waals surface area contributed by atoms with Crippen LogP contribution in [-0.4, -0.2) is 29.2 Å². The number of anilines is 1. The summed E-state index contributed by atoms with van der Waals surface area (Å²) >= 11 is 0. The molecule has 4 nitrogen and oxygen atoms in total. The maximum Gasteiger partial charge on any atom is 0.133 e. The van der Waals surface area contributed by atoms with Crippen LogP contribution in [0.25, 0.3) is 0 Å². The summed E-state index contributed by atoms with van der Waals surface area (Å²) in [5.74, 6) is 2.79. The highest BCUT2D eigenvalue weighted by molar-refractivity contribution is 5.37. The van der Waals surface area contributed by atoms with E-state index in [1.807, 2.05) is 13.0 Å². The van der Waals surface area contributed by atoms with Crippen molar-refractivity contribution in [1.29, 1.82) is 0 Å². The van der Waals surface area contributed by atoms with Crippen molar-refractivity contribution in [2.24, 2.45) is 5.92 Å². The molecule has 0 aliphatic carbocycles. The van der Waals surface area contributed by atoms with Crippen molar-refractivity contribution in [3.8, 4) is 0 Å². The lowest BCUT2D eigenvalue weighted by atomic mass is 10.0. The molecule has 4 heteroatoms. The van der Waals surface area contributed by atoms with E-state index >= 15 is 0 Å². The molecule has 100 valence electrons. The van der Waals surface area contributed by atoms with Crippen LogP contribution in [0, 0.1) is 12.8 Å². The van der Waals surface area contributed by atoms with Gasteiger partial charge in [-0.2, -0.15) is 0 Å². The molecule has 2 unspecified atom stereocenters. The van der Waals surface area contributed by atoms with E-state index in [1.165, 1.54) is 0 Å². The Hall–Kier alpha value is -1.16. The first-order valence-corrected chi connectivity index (χ1v) is 6.76. The summed E-state index contributed by atoms with van der Waals surface area (Å²) in [5, 5.41) is 3.49. The fraction of sp³-hybridized carbons (Fsp3) is 0.714. The number of nitrogens with one attached hydrogen (secondary N) is 1. The Bertz CT molecular complexity index is 400. The summed E-state index contributed by atoms with van der Waals surface area (Å²) < 4.78 is 5.43. The van der Waals surface area contributed by atoms with Crippen LogP contribution in [-0.2, 0) is 4.74 Å². The van der Waals surface area contributed by atoms with E-state index in [0.29, 0.717) is 17.9 Å². The molecule has 1 aromatic heterocycles. The lowest BCUT2D eigenvalue weighted by Gasteiger charge is -2.20. The van der Waals surface area contributed by atoms with Gasteiger partial charge in [-0.15, -0.1) is 0 Å². The van der Waals surface area contributed by atoms with Crippen LogP contribution in [0.5, 0.6) is 0 Å². The second-order valence-corrected chi connectivity index (χ2v) is 5.46. The number of hydrogen-bond acceptors (Lipinski definition) is 4. The maximum atomic E-state index is 5.43. The van der Waals surface area contributed by atoms with Crippen LogP contribution in [0.1, 0.15) is 44.6 Å². The van der Waals surface area contributed by atoms with Gasteiger partial charge in [0.15, 0.2) is 0 Å². The quantitative estimate of drug-likeness (QED) is 0.891. The highest BCUT2D eigenvalue weighted by Crippen LogP contribution is 2.20. The van der Waals surface area contributed by atoms with Gasteiger partial charge < -0.3 is 10.1 Å². The second kappa shape index (κ2) is 5.65. The second-order valence-electron chi connectivity index (χ2n) is 5.46. The number of aromatic nitrogens is 2. The smallest absolute Gasteiger partial charge is 0.133 e. The van der Waals surface area contributed by atoms with E-state index in [-0.39, 0.29) is 0 Å². The van der Waals surface area contributed by atoms with Gasteiger partial charge in [0.1, 0.15) is 11.6 Å². The molecule has 2 rings (SSSR count). The third-order valence-corrected chi connectivity index (χ3v) is 3.44. The monoisotopic (exact) mass is 249 g/mol. The van der Waals surface area contributed by atoms with Crippen molar-refractivity contribution in [3.05, 3.63) is 17.6 Å². The van der Waals surface area contributed by atoms with E-state index in [9.17, 15) is 0 Å². The molecule has 0 spiro atoms. The van der Waals surface area contributed by atoms with Crippen LogP contribution in [0.4, 0.5) is 5.82 Å². The number of aryl methyl sites for hydroxylation is 1. The molecule has 1 aliphatic rings. The normalized spacial score (nSPS) is 21.3. The Kier molecular flexibility index (Phi) is 4.17. The molecule has 2 atom stereocenters. The molecule has 1 saturated heterocycles. The highest BCUT2D eigenvalue weighted by atomic mass is 16.5. The number of hydrogen-bond donors (Lipinski definition) is 1. The average Bonchev–Trinajstić information content (AvgIpc) is 2.81. The van der Waals surface area contributed by atoms with Crippen LogP contribution < -0.4 is 5.32 Å². The summed E-state index contributed by atoms with van der Waals surface area (Å²) in [7, 11) is 0. The summed E-state index contributed by atoms with van der Waals surface area (Å²) in [6, 6.07) is 2.40. The molecule has 0 amide bonds. The van der Waals surface area contributed by atoms with Gasteiger partial charge in [0.2, 0.25) is 0 Å². The van der Waals surface area contributed by atoms with Gasteiger partial charge in [-0.05, 0) is 20.3 Å². The Labute approximate surface area is 109 Å². The Morgan fingerprint density at radius 3 is 2.72 bits per heavy atom. The van der Waals surface area contributed by atoms with Crippen molar-refractivity contribution < 1.29 is 4.74 Å². The topological polar surface area (TPSA) is 47.0 Å². The minimum atomic E-state index is 0.357. The zero-order valence-corrected chi connectivity index (χ0v) is 11.7. The Balaban J connectivity index is 2.08. The summed E-state index contributed by atoms with van der Waals surface area (Å²) in [4.78, 5) is 9.04. The molecule has 1 aliphatic heterocycles. The summed E-state index contributed by atoms with van der Waals surface area (Å²) in [6.07, 6.45) is 1.13. The molecule has 0 bridgehead atoms. The molecule has 18 heavy (non-hydrogen) atoms. The zero-order chi connectivity index (χ0) is 13.1. The van der Waals surface area contributed by atoms with Gasteiger partial charge in [0, 0.05) is 36.2 Å². The third-order valence-electron chi connectivity index (χ3n) is 3.44. The summed E-state index contributed by atoms with van der Waals surface area (Å²) in [6.45, 7) is 10.2. The molecule has 1 N–H and O–H groups in total. The highest BCUT2D eigenvalue weighted by Gasteiger charge is 2.22. The van der Waals surface area contributed by atoms with Gasteiger partial charge in [0.25, 0.3) is 0 Å². The molecule has 1 fully saturated rings. The fourth-order valence-corrected chi connectivity index (χ4v) is 2.22. The van der Waals surface area contributed by atoms with Gasteiger partial charge in [-0.1, -0.05) is 13.8 Å². The van der Waals surface area contributed by atoms with E-state index in [1.54, 1.807) is 0 Å². The van der Waals surface area contributed by atoms with Crippen molar-refractivity contribution in [2.45, 2.75) is 46.1 Å². The predicted octanol–water partition coefficient (Wildman–Crippen LogP) is 2.75. The van der Waals surface area contributed by atoms with E-state index < -0.39 is 0 Å². The SMILES string of the molecule is Cc1cc(NC(C)C2CCOC2)nc(C(C)C)n1. The zero-order valence-electron chi connectivity index (χ0n) is 11.7. The first-order valence-electron chi connectivity index (χ1n) is 6.76. The van der Waals surface area contributed by atoms with Crippen molar-refractivity contribution in [3.63, 3.8) is 0 Å². The molecular formula is C14H23N3O. The van der Waals surface area contributed by atoms with Gasteiger partial charge in [-0.25, -0.2) is 9.97 Å². The fourth-order valence-electron chi connectivity index (χ4n) is 2.22. The van der Waals surface area contributed by atoms with Crippen LogP contribution in [0.2, 0.25) is 0 Å². The standard InChI is InChI=1S/C14H23N3O/c1-9(2)14-15-10(3)7-13(17-14)16-11(4)12-5-6-18-8-12/h7,9,11-12H,5-6,8H2,1-4H3,(H,15,16,17). The first kappa shape index (κ1) is 13.3. The predicted molar refractivity (Wildman–Crippen MR) is 72.9 cm³/mol. The van der Waals surface area contributed by atoms with E-state index in [4.69, 9.17) is 4.74 Å². The van der Waals surface area contributed by atoms with Crippen LogP contribution >= 0.6 is 0 Å². The minimum Gasteiger partial charge on any atom is -0.381 e. The first-order chi connectivity index (χ1) is 8.56. The average molecular weight is 249 g/mol. The lowest BCUT2D eigenvalue weighted by molar-refractivity contribution is 0.183. The van der Waals surface area contributed by atoms with Crippen LogP contribution in [0.3, 0.4) is 0 Å². The molecule has 0 aromatic carbocycles. The van der Waals surface area contributed by atoms with E-state index in [0.717, 1.165) is 37.0 Å². The third kappa shape index (κ3) is 3.19.